The lowest BCUT2D eigenvalue weighted by atomic mass is 10.2. The van der Waals surface area contributed by atoms with Crippen LogP contribution in [0.15, 0.2) is 18.2 Å². The van der Waals surface area contributed by atoms with Crippen molar-refractivity contribution in [2.75, 3.05) is 11.5 Å². The Morgan fingerprint density at radius 3 is 2.81 bits per heavy atom. The normalized spacial score (nSPS) is 14.7. The molecule has 1 rings (SSSR count). The summed E-state index contributed by atoms with van der Waals surface area (Å²) in [6, 6.07) is 5.31. The molecular weight excluding hydrogens is 242 g/mol. The van der Waals surface area contributed by atoms with Crippen LogP contribution in [0.25, 0.3) is 0 Å². The molecule has 2 unspecified atom stereocenters. The van der Waals surface area contributed by atoms with Gasteiger partial charge in [-0.25, -0.2) is 0 Å². The van der Waals surface area contributed by atoms with Crippen LogP contribution in [0.3, 0.4) is 0 Å². The van der Waals surface area contributed by atoms with Crippen molar-refractivity contribution in [1.29, 1.82) is 0 Å². The molecule has 90 valence electrons. The minimum absolute atomic E-state index is 0.487. The average Bonchev–Trinajstić information content (AvgIpc) is 2.23. The van der Waals surface area contributed by atoms with E-state index in [1.54, 1.807) is 18.2 Å². The van der Waals surface area contributed by atoms with Crippen LogP contribution in [0.5, 0.6) is 0 Å². The van der Waals surface area contributed by atoms with Gasteiger partial charge in [0.15, 0.2) is 0 Å². The van der Waals surface area contributed by atoms with Gasteiger partial charge in [-0.2, -0.15) is 0 Å². The number of rotatable bonds is 5. The molecule has 0 aliphatic heterocycles. The zero-order chi connectivity index (χ0) is 12.1. The van der Waals surface area contributed by atoms with Crippen LogP contribution in [0, 0.1) is 5.92 Å². The van der Waals surface area contributed by atoms with Crippen LogP contribution in [0.4, 0.5) is 5.69 Å². The predicted molar refractivity (Wildman–Crippen MR) is 72.0 cm³/mol. The highest BCUT2D eigenvalue weighted by Crippen LogP contribution is 2.21. The Kier molecular flexibility index (Phi) is 5.29. The first kappa shape index (κ1) is 13.5. The third kappa shape index (κ3) is 4.14. The summed E-state index contributed by atoms with van der Waals surface area (Å²) in [5.41, 5.74) is 7.22. The summed E-state index contributed by atoms with van der Waals surface area (Å²) < 4.78 is 11.9. The fourth-order valence-corrected chi connectivity index (χ4v) is 3.21. The summed E-state index contributed by atoms with van der Waals surface area (Å²) >= 11 is 6.02. The van der Waals surface area contributed by atoms with Gasteiger partial charge in [-0.1, -0.05) is 31.9 Å². The highest BCUT2D eigenvalue weighted by atomic mass is 35.5. The van der Waals surface area contributed by atoms with E-state index in [0.29, 0.717) is 22.4 Å². The summed E-state index contributed by atoms with van der Waals surface area (Å²) in [5.74, 6) is 1.70. The standard InChI is InChI=1S/C12H18ClNOS/c1-3-9(2)7-16(15)8-10-6-11(14)4-5-12(10)13/h4-6,9H,3,7-8,14H2,1-2H3. The highest BCUT2D eigenvalue weighted by Gasteiger charge is 2.09. The Bertz CT molecular complexity index is 381. The van der Waals surface area contributed by atoms with Gasteiger partial charge in [0.05, 0.1) is 5.75 Å². The first-order valence-corrected chi connectivity index (χ1v) is 7.28. The Labute approximate surface area is 105 Å². The van der Waals surface area contributed by atoms with E-state index in [-0.39, 0.29) is 0 Å². The number of benzene rings is 1. The van der Waals surface area contributed by atoms with Gasteiger partial charge < -0.3 is 5.73 Å². The van der Waals surface area contributed by atoms with Gasteiger partial charge in [0.2, 0.25) is 0 Å². The smallest absolute Gasteiger partial charge is 0.0501 e. The maximum Gasteiger partial charge on any atom is 0.0501 e. The van der Waals surface area contributed by atoms with E-state index in [2.05, 4.69) is 13.8 Å². The number of nitrogens with two attached hydrogens (primary N) is 1. The first-order chi connectivity index (χ1) is 7.52. The minimum Gasteiger partial charge on any atom is -0.399 e. The second kappa shape index (κ2) is 6.26. The summed E-state index contributed by atoms with van der Waals surface area (Å²) in [5, 5.41) is 0.645. The number of hydrogen-bond donors (Lipinski definition) is 1. The predicted octanol–water partition coefficient (Wildman–Crippen LogP) is 3.22. The molecule has 2 atom stereocenters. The van der Waals surface area contributed by atoms with Crippen molar-refractivity contribution in [1.82, 2.24) is 0 Å². The molecule has 0 amide bonds. The SMILES string of the molecule is CCC(C)CS(=O)Cc1cc(N)ccc1Cl. The summed E-state index contributed by atoms with van der Waals surface area (Å²) in [7, 11) is -0.860. The largest absolute Gasteiger partial charge is 0.399 e. The molecule has 2 nitrogen and oxygen atoms in total. The molecule has 0 saturated carbocycles. The maximum absolute atomic E-state index is 11.9. The zero-order valence-corrected chi connectivity index (χ0v) is 11.3. The molecule has 0 saturated heterocycles. The average molecular weight is 260 g/mol. The third-order valence-electron chi connectivity index (χ3n) is 2.55. The van der Waals surface area contributed by atoms with Crippen LogP contribution < -0.4 is 5.73 Å². The first-order valence-electron chi connectivity index (χ1n) is 5.41. The quantitative estimate of drug-likeness (QED) is 0.825. The van der Waals surface area contributed by atoms with Crippen molar-refractivity contribution in [2.24, 2.45) is 5.92 Å². The van der Waals surface area contributed by atoms with Gasteiger partial charge in [-0.15, -0.1) is 0 Å². The molecule has 1 aromatic rings. The number of hydrogen-bond acceptors (Lipinski definition) is 2. The fraction of sp³-hybridized carbons (Fsp3) is 0.500. The van der Waals surface area contributed by atoms with Crippen LogP contribution in [0.2, 0.25) is 5.02 Å². The second-order valence-electron chi connectivity index (χ2n) is 4.12. The van der Waals surface area contributed by atoms with E-state index in [0.717, 1.165) is 17.7 Å². The van der Waals surface area contributed by atoms with E-state index in [9.17, 15) is 4.21 Å². The molecule has 16 heavy (non-hydrogen) atoms. The lowest BCUT2D eigenvalue weighted by molar-refractivity contribution is 0.615. The molecule has 1 aromatic carbocycles. The van der Waals surface area contributed by atoms with E-state index >= 15 is 0 Å². The molecule has 0 radical (unpaired) electrons. The molecule has 4 heteroatoms. The summed E-state index contributed by atoms with van der Waals surface area (Å²) in [6.07, 6.45) is 1.05. The third-order valence-corrected chi connectivity index (χ3v) is 4.50. The Balaban J connectivity index is 2.65. The van der Waals surface area contributed by atoms with Gasteiger partial charge in [0, 0.05) is 27.3 Å². The second-order valence-corrected chi connectivity index (χ2v) is 6.02. The van der Waals surface area contributed by atoms with Crippen molar-refractivity contribution in [3.8, 4) is 0 Å². The lowest BCUT2D eigenvalue weighted by Crippen LogP contribution is -2.09. The van der Waals surface area contributed by atoms with E-state index in [1.165, 1.54) is 0 Å². The van der Waals surface area contributed by atoms with Crippen molar-refractivity contribution in [3.05, 3.63) is 28.8 Å². The van der Waals surface area contributed by atoms with Crippen LogP contribution in [0.1, 0.15) is 25.8 Å². The molecular formula is C12H18ClNOS. The molecule has 0 aromatic heterocycles. The minimum atomic E-state index is -0.860. The Morgan fingerprint density at radius 1 is 1.50 bits per heavy atom. The monoisotopic (exact) mass is 259 g/mol. The van der Waals surface area contributed by atoms with Crippen molar-refractivity contribution in [2.45, 2.75) is 26.0 Å². The van der Waals surface area contributed by atoms with Gasteiger partial charge in [-0.05, 0) is 29.7 Å². The van der Waals surface area contributed by atoms with Crippen LogP contribution in [-0.4, -0.2) is 9.96 Å². The molecule has 0 aliphatic rings. The van der Waals surface area contributed by atoms with Crippen LogP contribution >= 0.6 is 11.6 Å². The van der Waals surface area contributed by atoms with E-state index < -0.39 is 10.8 Å². The Morgan fingerprint density at radius 2 is 2.19 bits per heavy atom. The highest BCUT2D eigenvalue weighted by molar-refractivity contribution is 7.84. The van der Waals surface area contributed by atoms with Gasteiger partial charge >= 0.3 is 0 Å². The number of nitrogen functional groups attached to an aromatic ring is 1. The van der Waals surface area contributed by atoms with Crippen molar-refractivity contribution < 1.29 is 4.21 Å². The lowest BCUT2D eigenvalue weighted by Gasteiger charge is -2.09. The summed E-state index contributed by atoms with van der Waals surface area (Å²) in [4.78, 5) is 0. The van der Waals surface area contributed by atoms with E-state index in [4.69, 9.17) is 17.3 Å². The van der Waals surface area contributed by atoms with Crippen molar-refractivity contribution in [3.63, 3.8) is 0 Å². The van der Waals surface area contributed by atoms with Crippen molar-refractivity contribution >= 4 is 28.1 Å². The van der Waals surface area contributed by atoms with Gasteiger partial charge in [0.1, 0.15) is 0 Å². The van der Waals surface area contributed by atoms with Gasteiger partial charge in [-0.3, -0.25) is 4.21 Å². The zero-order valence-electron chi connectivity index (χ0n) is 9.70. The molecule has 2 N–H and O–H groups in total. The maximum atomic E-state index is 11.9. The number of anilines is 1. The molecule has 0 heterocycles. The Hall–Kier alpha value is -0.540. The summed E-state index contributed by atoms with van der Waals surface area (Å²) in [6.45, 7) is 4.22. The molecule has 0 aliphatic carbocycles. The van der Waals surface area contributed by atoms with E-state index in [1.807, 2.05) is 0 Å². The topological polar surface area (TPSA) is 43.1 Å². The van der Waals surface area contributed by atoms with Crippen LogP contribution in [-0.2, 0) is 16.6 Å². The molecule has 0 bridgehead atoms. The fourth-order valence-electron chi connectivity index (χ4n) is 1.37. The van der Waals surface area contributed by atoms with Gasteiger partial charge in [0.25, 0.3) is 0 Å². The molecule has 0 fully saturated rings. The number of halogens is 1. The molecule has 0 spiro atoms.